The van der Waals surface area contributed by atoms with Crippen LogP contribution in [-0.4, -0.2) is 24.2 Å². The summed E-state index contributed by atoms with van der Waals surface area (Å²) in [5, 5.41) is 10.1. The van der Waals surface area contributed by atoms with Crippen LogP contribution < -0.4 is 4.74 Å². The molecule has 90 valence electrons. The van der Waals surface area contributed by atoms with Crippen LogP contribution >= 0.6 is 11.8 Å². The van der Waals surface area contributed by atoms with Crippen molar-refractivity contribution in [1.29, 1.82) is 0 Å². The van der Waals surface area contributed by atoms with Gasteiger partial charge in [-0.25, -0.2) is 0 Å². The molecule has 0 heterocycles. The lowest BCUT2D eigenvalue weighted by Gasteiger charge is -2.20. The number of methoxy groups -OCH3 is 1. The summed E-state index contributed by atoms with van der Waals surface area (Å²) >= 11 is 1.64. The van der Waals surface area contributed by atoms with E-state index in [1.54, 1.807) is 18.9 Å². The molecule has 1 aromatic rings. The van der Waals surface area contributed by atoms with Crippen molar-refractivity contribution in [3.8, 4) is 5.75 Å². The summed E-state index contributed by atoms with van der Waals surface area (Å²) in [6.07, 6.45) is 1.54. The minimum absolute atomic E-state index is 0.454. The molecule has 1 atom stereocenters. The van der Waals surface area contributed by atoms with Crippen LogP contribution in [0.25, 0.3) is 0 Å². The quantitative estimate of drug-likeness (QED) is 0.877. The molecule has 1 rings (SSSR count). The number of hydrogen-bond acceptors (Lipinski definition) is 3. The van der Waals surface area contributed by atoms with Crippen LogP contribution in [0.4, 0.5) is 0 Å². The van der Waals surface area contributed by atoms with Crippen molar-refractivity contribution >= 4 is 11.8 Å². The molecule has 0 amide bonds. The highest BCUT2D eigenvalue weighted by Gasteiger charge is 2.18. The molecule has 0 aliphatic rings. The molecule has 2 nitrogen and oxygen atoms in total. The highest BCUT2D eigenvalue weighted by Crippen LogP contribution is 2.34. The van der Waals surface area contributed by atoms with Crippen molar-refractivity contribution in [2.45, 2.75) is 26.9 Å². The van der Waals surface area contributed by atoms with Crippen LogP contribution in [0.2, 0.25) is 0 Å². The third-order valence-electron chi connectivity index (χ3n) is 2.90. The average Bonchev–Trinajstić information content (AvgIpc) is 2.23. The van der Waals surface area contributed by atoms with Gasteiger partial charge in [0.2, 0.25) is 0 Å². The Labute approximate surface area is 102 Å². The summed E-state index contributed by atoms with van der Waals surface area (Å²) in [5.41, 5.74) is 4.35. The van der Waals surface area contributed by atoms with Crippen molar-refractivity contribution in [3.05, 3.63) is 28.3 Å². The van der Waals surface area contributed by atoms with Crippen molar-refractivity contribution in [2.75, 3.05) is 19.1 Å². The van der Waals surface area contributed by atoms with Crippen LogP contribution in [0.15, 0.2) is 6.07 Å². The predicted octanol–water partition coefficient (Wildman–Crippen LogP) is 3.02. The molecule has 0 aliphatic heterocycles. The van der Waals surface area contributed by atoms with Crippen molar-refractivity contribution < 1.29 is 9.84 Å². The maximum atomic E-state index is 10.1. The van der Waals surface area contributed by atoms with Gasteiger partial charge in [0.25, 0.3) is 0 Å². The lowest BCUT2D eigenvalue weighted by molar-refractivity contribution is 0.198. The highest BCUT2D eigenvalue weighted by molar-refractivity contribution is 7.98. The van der Waals surface area contributed by atoms with E-state index in [9.17, 15) is 5.11 Å². The fraction of sp³-hybridized carbons (Fsp3) is 0.538. The van der Waals surface area contributed by atoms with E-state index < -0.39 is 6.10 Å². The molecular weight excluding hydrogens is 220 g/mol. The fourth-order valence-electron chi connectivity index (χ4n) is 1.99. The predicted molar refractivity (Wildman–Crippen MR) is 70.5 cm³/mol. The zero-order chi connectivity index (χ0) is 12.3. The van der Waals surface area contributed by atoms with Crippen LogP contribution in [0.1, 0.15) is 28.4 Å². The number of ether oxygens (including phenoxy) is 1. The Balaban J connectivity index is 3.30. The Morgan fingerprint density at radius 2 is 1.94 bits per heavy atom. The van der Waals surface area contributed by atoms with E-state index in [-0.39, 0.29) is 0 Å². The maximum absolute atomic E-state index is 10.1. The molecule has 0 aliphatic carbocycles. The van der Waals surface area contributed by atoms with Gasteiger partial charge < -0.3 is 9.84 Å². The van der Waals surface area contributed by atoms with Gasteiger partial charge in [-0.2, -0.15) is 11.8 Å². The molecule has 1 N–H and O–H groups in total. The summed E-state index contributed by atoms with van der Waals surface area (Å²) in [4.78, 5) is 0. The molecule has 0 bridgehead atoms. The Kier molecular flexibility index (Phi) is 4.69. The number of hydrogen-bond donors (Lipinski definition) is 1. The van der Waals surface area contributed by atoms with Gasteiger partial charge in [-0.3, -0.25) is 0 Å². The van der Waals surface area contributed by atoms with Crippen molar-refractivity contribution in [1.82, 2.24) is 0 Å². The first-order valence-electron chi connectivity index (χ1n) is 5.34. The van der Waals surface area contributed by atoms with E-state index in [2.05, 4.69) is 13.0 Å². The second kappa shape index (κ2) is 5.60. The van der Waals surface area contributed by atoms with Crippen LogP contribution in [0.3, 0.4) is 0 Å². The molecule has 0 aromatic heterocycles. The summed E-state index contributed by atoms with van der Waals surface area (Å²) in [6, 6.07) is 2.11. The lowest BCUT2D eigenvalue weighted by atomic mass is 9.96. The second-order valence-corrected chi connectivity index (χ2v) is 4.96. The number of benzene rings is 1. The van der Waals surface area contributed by atoms with Gasteiger partial charge in [0.1, 0.15) is 5.75 Å². The zero-order valence-corrected chi connectivity index (χ0v) is 11.4. The average molecular weight is 240 g/mol. The van der Waals surface area contributed by atoms with Gasteiger partial charge in [0, 0.05) is 11.3 Å². The van der Waals surface area contributed by atoms with Gasteiger partial charge in [0.15, 0.2) is 0 Å². The molecule has 0 saturated heterocycles. The van der Waals surface area contributed by atoms with E-state index in [0.717, 1.165) is 22.4 Å². The Hall–Kier alpha value is -0.670. The number of aryl methyl sites for hydroxylation is 2. The summed E-state index contributed by atoms with van der Waals surface area (Å²) in [6.45, 7) is 6.12. The minimum atomic E-state index is -0.454. The largest absolute Gasteiger partial charge is 0.496 e. The number of rotatable bonds is 4. The molecule has 0 fully saturated rings. The van der Waals surface area contributed by atoms with Crippen LogP contribution in [0.5, 0.6) is 5.75 Å². The third-order valence-corrected chi connectivity index (χ3v) is 3.55. The van der Waals surface area contributed by atoms with Crippen LogP contribution in [-0.2, 0) is 0 Å². The summed E-state index contributed by atoms with van der Waals surface area (Å²) < 4.78 is 5.44. The van der Waals surface area contributed by atoms with Crippen LogP contribution in [0, 0.1) is 20.8 Å². The summed E-state index contributed by atoms with van der Waals surface area (Å²) in [7, 11) is 1.66. The monoisotopic (exact) mass is 240 g/mol. The molecule has 0 radical (unpaired) electrons. The fourth-order valence-corrected chi connectivity index (χ4v) is 2.47. The van der Waals surface area contributed by atoms with Gasteiger partial charge in [-0.05, 0) is 43.7 Å². The second-order valence-electron chi connectivity index (χ2n) is 4.05. The SMILES string of the molecule is COc1c(C)c(C)cc(C)c1C(O)CSC. The normalized spacial score (nSPS) is 12.6. The lowest BCUT2D eigenvalue weighted by Crippen LogP contribution is -2.07. The highest BCUT2D eigenvalue weighted by atomic mass is 32.2. The van der Waals surface area contributed by atoms with Gasteiger partial charge >= 0.3 is 0 Å². The molecule has 0 saturated carbocycles. The topological polar surface area (TPSA) is 29.5 Å². The number of aliphatic hydroxyl groups excluding tert-OH is 1. The molecule has 16 heavy (non-hydrogen) atoms. The van der Waals surface area contributed by atoms with Gasteiger partial charge in [-0.1, -0.05) is 6.07 Å². The van der Waals surface area contributed by atoms with Gasteiger partial charge in [-0.15, -0.1) is 0 Å². The Bertz CT molecular complexity index is 375. The first kappa shape index (κ1) is 13.4. The summed E-state index contributed by atoms with van der Waals surface area (Å²) in [5.74, 6) is 1.53. The van der Waals surface area contributed by atoms with Crippen molar-refractivity contribution in [3.63, 3.8) is 0 Å². The third kappa shape index (κ3) is 2.53. The van der Waals surface area contributed by atoms with E-state index in [0.29, 0.717) is 5.75 Å². The van der Waals surface area contributed by atoms with E-state index in [4.69, 9.17) is 4.74 Å². The van der Waals surface area contributed by atoms with E-state index in [1.165, 1.54) is 5.56 Å². The maximum Gasteiger partial charge on any atom is 0.128 e. The van der Waals surface area contributed by atoms with E-state index in [1.807, 2.05) is 20.1 Å². The zero-order valence-electron chi connectivity index (χ0n) is 10.6. The molecule has 3 heteroatoms. The molecule has 1 aromatic carbocycles. The number of aliphatic hydroxyl groups is 1. The van der Waals surface area contributed by atoms with Gasteiger partial charge in [0.05, 0.1) is 13.2 Å². The molecular formula is C13H20O2S. The molecule has 0 spiro atoms. The molecule has 1 unspecified atom stereocenters. The Morgan fingerprint density at radius 1 is 1.31 bits per heavy atom. The minimum Gasteiger partial charge on any atom is -0.496 e. The van der Waals surface area contributed by atoms with E-state index >= 15 is 0 Å². The van der Waals surface area contributed by atoms with Crippen molar-refractivity contribution in [2.24, 2.45) is 0 Å². The Morgan fingerprint density at radius 3 is 2.44 bits per heavy atom. The smallest absolute Gasteiger partial charge is 0.128 e. The number of thioether (sulfide) groups is 1. The first-order chi connectivity index (χ1) is 7.52. The standard InChI is InChI=1S/C13H20O2S/c1-8-6-9(2)12(11(14)7-16-5)13(15-4)10(8)3/h6,11,14H,7H2,1-5H3. The first-order valence-corrected chi connectivity index (χ1v) is 6.74.